The fraction of sp³-hybridized carbons (Fsp3) is 0.926. The third-order valence-electron chi connectivity index (χ3n) is 3.30. The summed E-state index contributed by atoms with van der Waals surface area (Å²) in [6, 6.07) is 0. The molecule has 0 saturated carbocycles. The number of nitrogens with zero attached hydrogens (tertiary/aromatic N) is 2. The van der Waals surface area contributed by atoms with Gasteiger partial charge in [0.1, 0.15) is 13.2 Å². The minimum absolute atomic E-state index is 0. The first-order valence-electron chi connectivity index (χ1n) is 13.2. The first-order valence-corrected chi connectivity index (χ1v) is 13.2. The fourth-order valence-corrected chi connectivity index (χ4v) is 1.75. The molecule has 0 heterocycles. The van der Waals surface area contributed by atoms with Gasteiger partial charge in [-0.05, 0) is 26.7 Å². The van der Waals surface area contributed by atoms with E-state index in [1.807, 2.05) is 69.2 Å². The molecule has 0 atom stereocenters. The first kappa shape index (κ1) is 56.4. The Morgan fingerprint density at radius 1 is 0.658 bits per heavy atom. The Bertz CT molecular complexity index is 387. The average Bonchev–Trinajstić information content (AvgIpc) is 2.91. The van der Waals surface area contributed by atoms with Gasteiger partial charge in [0.05, 0.1) is 13.2 Å². The molecular formula is C27H65F3N2O6. The molecule has 38 heavy (non-hydrogen) atoms. The number of carbonyl (C=O) groups excluding carboxylic acids is 2. The lowest BCUT2D eigenvalue weighted by Gasteiger charge is -2.18. The molecule has 8 nitrogen and oxygen atoms in total. The third kappa shape index (κ3) is 51.0. The highest BCUT2D eigenvalue weighted by atomic mass is 19.4. The number of rotatable bonds is 10. The second-order valence-electron chi connectivity index (χ2n) is 5.80. The van der Waals surface area contributed by atoms with Crippen LogP contribution in [0.3, 0.4) is 0 Å². The zero-order chi connectivity index (χ0) is 30.0. The van der Waals surface area contributed by atoms with Crippen molar-refractivity contribution in [2.24, 2.45) is 0 Å². The van der Waals surface area contributed by atoms with Crippen LogP contribution in [-0.2, 0) is 9.47 Å². The van der Waals surface area contributed by atoms with Crippen LogP contribution < -0.4 is 0 Å². The van der Waals surface area contributed by atoms with Crippen molar-refractivity contribution >= 4 is 12.2 Å². The highest BCUT2D eigenvalue weighted by Crippen LogP contribution is 2.17. The molecule has 0 aliphatic rings. The summed E-state index contributed by atoms with van der Waals surface area (Å²) < 4.78 is 41.8. The van der Waals surface area contributed by atoms with E-state index >= 15 is 0 Å². The Labute approximate surface area is 233 Å². The van der Waals surface area contributed by atoms with Crippen LogP contribution in [-0.4, -0.2) is 91.0 Å². The van der Waals surface area contributed by atoms with E-state index in [0.29, 0.717) is 26.2 Å². The Morgan fingerprint density at radius 2 is 0.895 bits per heavy atom. The lowest BCUT2D eigenvalue weighted by Crippen LogP contribution is -2.32. The SMILES string of the molecule is C.C.CC.CC.CC.CCC(F)(F)F.CCCN(CC)C(=O)OCCO.CCCN(CC)C(=O)OCCO. The summed E-state index contributed by atoms with van der Waals surface area (Å²) in [4.78, 5) is 25.4. The maximum absolute atomic E-state index is 11.1. The molecule has 0 radical (unpaired) electrons. The van der Waals surface area contributed by atoms with E-state index in [-0.39, 0.29) is 53.5 Å². The molecule has 0 aliphatic heterocycles. The summed E-state index contributed by atoms with van der Waals surface area (Å²) in [6.07, 6.45) is -3.53. The number of carbonyl (C=O) groups is 2. The molecule has 0 aromatic rings. The van der Waals surface area contributed by atoms with E-state index in [4.69, 9.17) is 19.7 Å². The van der Waals surface area contributed by atoms with Crippen molar-refractivity contribution < 1.29 is 42.4 Å². The average molecular weight is 571 g/mol. The van der Waals surface area contributed by atoms with Crippen LogP contribution in [0.25, 0.3) is 0 Å². The maximum Gasteiger partial charge on any atom is 0.409 e. The zero-order valence-electron chi connectivity index (χ0n) is 24.8. The van der Waals surface area contributed by atoms with Crippen LogP contribution in [0, 0.1) is 0 Å². The Kier molecular flexibility index (Phi) is 71.8. The van der Waals surface area contributed by atoms with Gasteiger partial charge in [-0.25, -0.2) is 9.59 Å². The van der Waals surface area contributed by atoms with Crippen molar-refractivity contribution in [3.8, 4) is 0 Å². The molecule has 0 aliphatic carbocycles. The van der Waals surface area contributed by atoms with Crippen LogP contribution in [0.2, 0.25) is 0 Å². The van der Waals surface area contributed by atoms with Gasteiger partial charge < -0.3 is 29.5 Å². The largest absolute Gasteiger partial charge is 0.447 e. The number of ether oxygens (including phenoxy) is 2. The van der Waals surface area contributed by atoms with Crippen LogP contribution in [0.1, 0.15) is 110 Å². The minimum Gasteiger partial charge on any atom is -0.447 e. The lowest BCUT2D eigenvalue weighted by atomic mass is 10.4. The molecule has 2 N–H and O–H groups in total. The number of amides is 2. The van der Waals surface area contributed by atoms with Crippen molar-refractivity contribution in [3.63, 3.8) is 0 Å². The van der Waals surface area contributed by atoms with E-state index in [1.165, 1.54) is 0 Å². The van der Waals surface area contributed by atoms with Crippen molar-refractivity contribution in [1.29, 1.82) is 0 Å². The molecular weight excluding hydrogens is 505 g/mol. The van der Waals surface area contributed by atoms with Gasteiger partial charge in [-0.1, -0.05) is 77.2 Å². The highest BCUT2D eigenvalue weighted by molar-refractivity contribution is 5.67. The zero-order valence-corrected chi connectivity index (χ0v) is 24.8. The van der Waals surface area contributed by atoms with Gasteiger partial charge in [-0.3, -0.25) is 0 Å². The van der Waals surface area contributed by atoms with E-state index in [0.717, 1.165) is 19.8 Å². The van der Waals surface area contributed by atoms with E-state index in [1.54, 1.807) is 9.80 Å². The number of alkyl halides is 3. The number of hydrogen-bond donors (Lipinski definition) is 2. The van der Waals surface area contributed by atoms with E-state index in [2.05, 4.69) is 0 Å². The predicted octanol–water partition coefficient (Wildman–Crippen LogP) is 8.00. The summed E-state index contributed by atoms with van der Waals surface area (Å²) in [5, 5.41) is 16.8. The quantitative estimate of drug-likeness (QED) is 0.276. The topological polar surface area (TPSA) is 99.5 Å². The Morgan fingerprint density at radius 3 is 1.03 bits per heavy atom. The first-order chi connectivity index (χ1) is 17.1. The molecule has 240 valence electrons. The third-order valence-corrected chi connectivity index (χ3v) is 3.30. The molecule has 0 aromatic carbocycles. The van der Waals surface area contributed by atoms with Gasteiger partial charge in [0.2, 0.25) is 0 Å². The lowest BCUT2D eigenvalue weighted by molar-refractivity contribution is -0.130. The number of halogens is 3. The number of hydrogen-bond acceptors (Lipinski definition) is 6. The molecule has 0 bridgehead atoms. The standard InChI is InChI=1S/2C8H17NO3.C3H5F3.3C2H6.2CH4/c2*1-3-5-9(4-2)8(11)12-7-6-10;1-2-3(4,5)6;3*1-2;;/h2*10H,3-7H2,1-2H3;2H2,1H3;3*1-2H3;2*1H4. The molecule has 11 heteroatoms. The monoisotopic (exact) mass is 570 g/mol. The van der Waals surface area contributed by atoms with Crippen molar-refractivity contribution in [1.82, 2.24) is 9.80 Å². The van der Waals surface area contributed by atoms with Gasteiger partial charge in [0.15, 0.2) is 0 Å². The second kappa shape index (κ2) is 48.3. The van der Waals surface area contributed by atoms with Gasteiger partial charge >= 0.3 is 18.4 Å². The summed E-state index contributed by atoms with van der Waals surface area (Å²) in [7, 11) is 0. The molecule has 0 unspecified atom stereocenters. The molecule has 0 rings (SSSR count). The molecule has 2 amide bonds. The van der Waals surface area contributed by atoms with Crippen LogP contribution in [0.4, 0.5) is 22.8 Å². The molecule has 0 saturated heterocycles. The van der Waals surface area contributed by atoms with Gasteiger partial charge in [-0.15, -0.1) is 0 Å². The maximum atomic E-state index is 11.1. The highest BCUT2D eigenvalue weighted by Gasteiger charge is 2.22. The van der Waals surface area contributed by atoms with Crippen molar-refractivity contribution in [2.75, 3.05) is 52.6 Å². The Balaban J connectivity index is -0.0000000543. The molecule has 0 spiro atoms. The van der Waals surface area contributed by atoms with E-state index < -0.39 is 12.6 Å². The van der Waals surface area contributed by atoms with Crippen molar-refractivity contribution in [2.45, 2.75) is 116 Å². The normalized spacial score (nSPS) is 8.42. The Hall–Kier alpha value is -1.75. The number of aliphatic hydroxyl groups is 2. The van der Waals surface area contributed by atoms with E-state index in [9.17, 15) is 22.8 Å². The van der Waals surface area contributed by atoms with Gasteiger partial charge in [0, 0.05) is 32.6 Å². The van der Waals surface area contributed by atoms with Gasteiger partial charge in [0.25, 0.3) is 0 Å². The number of aliphatic hydroxyl groups excluding tert-OH is 2. The van der Waals surface area contributed by atoms with Crippen LogP contribution in [0.15, 0.2) is 0 Å². The minimum atomic E-state index is -3.96. The summed E-state index contributed by atoms with van der Waals surface area (Å²) in [5.74, 6) is 0. The smallest absolute Gasteiger partial charge is 0.409 e. The predicted molar refractivity (Wildman–Crippen MR) is 156 cm³/mol. The summed E-state index contributed by atoms with van der Waals surface area (Å²) >= 11 is 0. The molecule has 0 fully saturated rings. The van der Waals surface area contributed by atoms with Crippen molar-refractivity contribution in [3.05, 3.63) is 0 Å². The fourth-order valence-electron chi connectivity index (χ4n) is 1.75. The summed E-state index contributed by atoms with van der Waals surface area (Å²) in [5.41, 5.74) is 0. The second-order valence-corrected chi connectivity index (χ2v) is 5.80. The van der Waals surface area contributed by atoms with Crippen LogP contribution in [0.5, 0.6) is 0 Å². The molecule has 0 aromatic heterocycles. The van der Waals surface area contributed by atoms with Crippen LogP contribution >= 0.6 is 0 Å². The van der Waals surface area contributed by atoms with Gasteiger partial charge in [-0.2, -0.15) is 13.2 Å². The summed E-state index contributed by atoms with van der Waals surface area (Å²) in [6.45, 7) is 23.5.